The van der Waals surface area contributed by atoms with Gasteiger partial charge in [0, 0.05) is 16.1 Å². The fourth-order valence-corrected chi connectivity index (χ4v) is 3.21. The average Bonchev–Trinajstić information content (AvgIpc) is 2.87. The quantitative estimate of drug-likeness (QED) is 0.532. The monoisotopic (exact) mass is 409 g/mol. The molecule has 0 saturated carbocycles. The van der Waals surface area contributed by atoms with E-state index in [4.69, 9.17) is 0 Å². The van der Waals surface area contributed by atoms with E-state index in [9.17, 15) is 27.6 Å². The van der Waals surface area contributed by atoms with Gasteiger partial charge in [-0.3, -0.25) is 14.9 Å². The predicted octanol–water partition coefficient (Wildman–Crippen LogP) is 3.61. The van der Waals surface area contributed by atoms with Gasteiger partial charge in [-0.2, -0.15) is 13.2 Å². The van der Waals surface area contributed by atoms with Crippen molar-refractivity contribution in [1.29, 1.82) is 0 Å². The summed E-state index contributed by atoms with van der Waals surface area (Å²) in [6.07, 6.45) is 0. The summed E-state index contributed by atoms with van der Waals surface area (Å²) >= 11 is -0.263. The summed E-state index contributed by atoms with van der Waals surface area (Å²) < 4.78 is 37.1. The fourth-order valence-electron chi connectivity index (χ4n) is 2.67. The van der Waals surface area contributed by atoms with Crippen LogP contribution in [0.15, 0.2) is 53.4 Å². The van der Waals surface area contributed by atoms with Crippen molar-refractivity contribution in [2.24, 2.45) is 0 Å². The lowest BCUT2D eigenvalue weighted by atomic mass is 9.92. The number of carbonyl (C=O) groups excluding carboxylic acids is 3. The molecule has 0 spiro atoms. The van der Waals surface area contributed by atoms with Crippen molar-refractivity contribution >= 4 is 35.3 Å². The summed E-state index contributed by atoms with van der Waals surface area (Å²) in [6.45, 7) is 1.53. The maximum absolute atomic E-state index is 12.4. The minimum atomic E-state index is -4.40. The third-order valence-corrected chi connectivity index (χ3v) is 4.83. The minimum Gasteiger partial charge on any atom is -0.322 e. The van der Waals surface area contributed by atoms with Crippen LogP contribution < -0.4 is 16.0 Å². The van der Waals surface area contributed by atoms with Crippen LogP contribution in [0.1, 0.15) is 22.8 Å². The third-order valence-electron chi connectivity index (χ3n) is 4.09. The minimum absolute atomic E-state index is 0.0260. The van der Waals surface area contributed by atoms with Crippen LogP contribution in [0.4, 0.5) is 23.7 Å². The molecule has 2 aromatic rings. The first-order valence-electron chi connectivity index (χ1n) is 7.98. The largest absolute Gasteiger partial charge is 0.446 e. The lowest BCUT2D eigenvalue weighted by Crippen LogP contribution is -2.40. The zero-order valence-electron chi connectivity index (χ0n) is 14.4. The number of anilines is 1. The number of hydrogen-bond acceptors (Lipinski definition) is 4. The second-order valence-corrected chi connectivity index (χ2v) is 7.28. The first-order chi connectivity index (χ1) is 13.1. The number of imide groups is 1. The molecule has 0 aromatic heterocycles. The van der Waals surface area contributed by atoms with Gasteiger partial charge in [0.2, 0.25) is 0 Å². The molecule has 1 aliphatic heterocycles. The highest BCUT2D eigenvalue weighted by Crippen LogP contribution is 2.36. The Morgan fingerprint density at radius 1 is 1.11 bits per heavy atom. The molecule has 0 radical (unpaired) electrons. The summed E-state index contributed by atoms with van der Waals surface area (Å²) in [5, 5.41) is 7.30. The lowest BCUT2D eigenvalue weighted by molar-refractivity contribution is -0.123. The van der Waals surface area contributed by atoms with Gasteiger partial charge in [-0.05, 0) is 60.6 Å². The van der Waals surface area contributed by atoms with Crippen LogP contribution in [0.3, 0.4) is 0 Å². The second-order valence-electron chi connectivity index (χ2n) is 6.14. The molecule has 1 fully saturated rings. The Labute approximate surface area is 161 Å². The SMILES string of the molecule is C[C@]1(c2cccc(NC(=O)c3ccc(SC(F)(F)F)cc3)c2)NC(=O)NC1=O. The van der Waals surface area contributed by atoms with Gasteiger partial charge < -0.3 is 10.6 Å². The Morgan fingerprint density at radius 2 is 1.79 bits per heavy atom. The molecule has 0 aliphatic carbocycles. The van der Waals surface area contributed by atoms with Gasteiger partial charge in [-0.15, -0.1) is 0 Å². The smallest absolute Gasteiger partial charge is 0.322 e. The summed E-state index contributed by atoms with van der Waals surface area (Å²) in [5.74, 6) is -1.04. The van der Waals surface area contributed by atoms with E-state index >= 15 is 0 Å². The molecule has 1 saturated heterocycles. The van der Waals surface area contributed by atoms with Crippen LogP contribution in [0.2, 0.25) is 0 Å². The van der Waals surface area contributed by atoms with Gasteiger partial charge in [0.15, 0.2) is 0 Å². The van der Waals surface area contributed by atoms with E-state index in [0.717, 1.165) is 0 Å². The van der Waals surface area contributed by atoms with Crippen molar-refractivity contribution in [3.8, 4) is 0 Å². The van der Waals surface area contributed by atoms with Crippen LogP contribution >= 0.6 is 11.8 Å². The van der Waals surface area contributed by atoms with Crippen LogP contribution in [-0.2, 0) is 10.3 Å². The first-order valence-corrected chi connectivity index (χ1v) is 8.80. The van der Waals surface area contributed by atoms with Crippen molar-refractivity contribution < 1.29 is 27.6 Å². The molecule has 3 N–H and O–H groups in total. The molecule has 6 nitrogen and oxygen atoms in total. The number of urea groups is 1. The van der Waals surface area contributed by atoms with Crippen LogP contribution in [0, 0.1) is 0 Å². The van der Waals surface area contributed by atoms with Crippen molar-refractivity contribution in [2.75, 3.05) is 5.32 Å². The van der Waals surface area contributed by atoms with Gasteiger partial charge in [-0.25, -0.2) is 4.79 Å². The summed E-state index contributed by atoms with van der Waals surface area (Å²) in [5.41, 5.74) is -4.66. The van der Waals surface area contributed by atoms with Gasteiger partial charge >= 0.3 is 11.5 Å². The van der Waals surface area contributed by atoms with Gasteiger partial charge in [-0.1, -0.05) is 12.1 Å². The van der Waals surface area contributed by atoms with Crippen LogP contribution in [0.25, 0.3) is 0 Å². The zero-order chi connectivity index (χ0) is 20.5. The Bertz CT molecular complexity index is 947. The number of thioether (sulfide) groups is 1. The number of hydrogen-bond donors (Lipinski definition) is 3. The van der Waals surface area contributed by atoms with E-state index < -0.39 is 28.9 Å². The van der Waals surface area contributed by atoms with E-state index in [2.05, 4.69) is 16.0 Å². The molecule has 4 amide bonds. The number of alkyl halides is 3. The van der Waals surface area contributed by atoms with E-state index in [1.165, 1.54) is 37.3 Å². The maximum Gasteiger partial charge on any atom is 0.446 e. The van der Waals surface area contributed by atoms with Gasteiger partial charge in [0.1, 0.15) is 5.54 Å². The van der Waals surface area contributed by atoms with E-state index in [1.54, 1.807) is 18.2 Å². The number of halogens is 3. The Hall–Kier alpha value is -3.01. The Balaban J connectivity index is 1.75. The number of nitrogens with one attached hydrogen (secondary N) is 3. The van der Waals surface area contributed by atoms with Gasteiger partial charge in [0.25, 0.3) is 11.8 Å². The molecule has 0 bridgehead atoms. The molecule has 28 heavy (non-hydrogen) atoms. The number of rotatable bonds is 4. The molecule has 3 rings (SSSR count). The van der Waals surface area contributed by atoms with Crippen molar-refractivity contribution in [3.05, 3.63) is 59.7 Å². The topological polar surface area (TPSA) is 87.3 Å². The maximum atomic E-state index is 12.4. The molecular weight excluding hydrogens is 395 g/mol. The summed E-state index contributed by atoms with van der Waals surface area (Å²) in [4.78, 5) is 35.8. The molecule has 1 atom stereocenters. The zero-order valence-corrected chi connectivity index (χ0v) is 15.2. The number of carbonyl (C=O) groups is 3. The number of amides is 4. The van der Waals surface area contributed by atoms with Crippen molar-refractivity contribution in [1.82, 2.24) is 10.6 Å². The molecule has 0 unspecified atom stereocenters. The standard InChI is InChI=1S/C18H14F3N3O3S/c1-17(15(26)23-16(27)24-17)11-3-2-4-12(9-11)22-14(25)10-5-7-13(8-6-10)28-18(19,20)21/h2-9H,1H3,(H,22,25)(H2,23,24,26,27)/t17-/m1/s1. The number of benzene rings is 2. The Kier molecular flexibility index (Phi) is 5.07. The molecule has 146 valence electrons. The van der Waals surface area contributed by atoms with E-state index in [1.807, 2.05) is 0 Å². The molecule has 10 heteroatoms. The van der Waals surface area contributed by atoms with Crippen molar-refractivity contribution in [3.63, 3.8) is 0 Å². The molecular formula is C18H14F3N3O3S. The molecule has 2 aromatic carbocycles. The van der Waals surface area contributed by atoms with E-state index in [-0.39, 0.29) is 22.2 Å². The predicted molar refractivity (Wildman–Crippen MR) is 96.8 cm³/mol. The highest BCUT2D eigenvalue weighted by Gasteiger charge is 2.43. The van der Waals surface area contributed by atoms with E-state index in [0.29, 0.717) is 11.3 Å². The highest BCUT2D eigenvalue weighted by atomic mass is 32.2. The van der Waals surface area contributed by atoms with Crippen LogP contribution in [0.5, 0.6) is 0 Å². The fraction of sp³-hybridized carbons (Fsp3) is 0.167. The Morgan fingerprint density at radius 3 is 2.36 bits per heavy atom. The third kappa shape index (κ3) is 4.28. The summed E-state index contributed by atoms with van der Waals surface area (Å²) in [6, 6.07) is 10.8. The summed E-state index contributed by atoms with van der Waals surface area (Å²) in [7, 11) is 0. The first kappa shape index (κ1) is 19.7. The molecule has 1 heterocycles. The average molecular weight is 409 g/mol. The van der Waals surface area contributed by atoms with Gasteiger partial charge in [0.05, 0.1) is 0 Å². The molecule has 1 aliphatic rings. The van der Waals surface area contributed by atoms with Crippen LogP contribution in [-0.4, -0.2) is 23.4 Å². The van der Waals surface area contributed by atoms with Crippen molar-refractivity contribution in [2.45, 2.75) is 22.9 Å². The normalized spacial score (nSPS) is 19.1. The highest BCUT2D eigenvalue weighted by molar-refractivity contribution is 8.00. The lowest BCUT2D eigenvalue weighted by Gasteiger charge is -2.21. The second kappa shape index (κ2) is 7.19.